The third-order valence-corrected chi connectivity index (χ3v) is 6.73. The van der Waals surface area contributed by atoms with Gasteiger partial charge in [0, 0.05) is 23.9 Å². The second-order valence-electron chi connectivity index (χ2n) is 7.17. The standard InChI is InChI=1S/C21H22N2O2S/c24-21(23-9-11-25-12-10-23)17-7-2-5-15-14-4-1-6-16(14)20(22-19(15)17)18-8-3-13-26-18/h1-5,7-8,13-14,16,20,22H,6,9-12H2. The molecule has 3 unspecified atom stereocenters. The number of allylic oxidation sites excluding steroid dienone is 2. The van der Waals surface area contributed by atoms with Crippen molar-refractivity contribution in [1.82, 2.24) is 4.90 Å². The third kappa shape index (κ3) is 2.58. The van der Waals surface area contributed by atoms with Crippen molar-refractivity contribution in [3.63, 3.8) is 0 Å². The number of nitrogens with one attached hydrogen (secondary N) is 1. The topological polar surface area (TPSA) is 41.6 Å². The molecule has 4 nitrogen and oxygen atoms in total. The van der Waals surface area contributed by atoms with Gasteiger partial charge in [-0.15, -0.1) is 11.3 Å². The van der Waals surface area contributed by atoms with Crippen LogP contribution in [-0.4, -0.2) is 37.1 Å². The molecule has 1 N–H and O–H groups in total. The zero-order chi connectivity index (χ0) is 17.5. The Morgan fingerprint density at radius 1 is 1.19 bits per heavy atom. The molecule has 3 atom stereocenters. The Hall–Kier alpha value is -2.11. The lowest BCUT2D eigenvalue weighted by atomic mass is 9.78. The average Bonchev–Trinajstić information content (AvgIpc) is 3.39. The zero-order valence-electron chi connectivity index (χ0n) is 14.6. The van der Waals surface area contributed by atoms with Gasteiger partial charge >= 0.3 is 0 Å². The molecule has 0 saturated carbocycles. The fourth-order valence-corrected chi connectivity index (χ4v) is 5.34. The van der Waals surface area contributed by atoms with Gasteiger partial charge in [0.2, 0.25) is 0 Å². The first-order valence-corrected chi connectivity index (χ1v) is 10.2. The lowest BCUT2D eigenvalue weighted by molar-refractivity contribution is 0.0303. The van der Waals surface area contributed by atoms with Gasteiger partial charge in [0.1, 0.15) is 0 Å². The smallest absolute Gasteiger partial charge is 0.256 e. The van der Waals surface area contributed by atoms with Crippen LogP contribution in [0.25, 0.3) is 0 Å². The van der Waals surface area contributed by atoms with E-state index in [-0.39, 0.29) is 11.9 Å². The van der Waals surface area contributed by atoms with Crippen LogP contribution in [0.5, 0.6) is 0 Å². The van der Waals surface area contributed by atoms with Crippen molar-refractivity contribution in [3.8, 4) is 0 Å². The van der Waals surface area contributed by atoms with E-state index in [9.17, 15) is 4.79 Å². The van der Waals surface area contributed by atoms with Gasteiger partial charge < -0.3 is 15.0 Å². The summed E-state index contributed by atoms with van der Waals surface area (Å²) >= 11 is 1.79. The van der Waals surface area contributed by atoms with Crippen molar-refractivity contribution in [2.24, 2.45) is 5.92 Å². The molecule has 0 bridgehead atoms. The van der Waals surface area contributed by atoms with Crippen LogP contribution in [-0.2, 0) is 4.74 Å². The van der Waals surface area contributed by atoms with E-state index in [1.54, 1.807) is 11.3 Å². The van der Waals surface area contributed by atoms with E-state index in [2.05, 4.69) is 41.0 Å². The average molecular weight is 366 g/mol. The number of morpholine rings is 1. The van der Waals surface area contributed by atoms with E-state index in [0.29, 0.717) is 38.1 Å². The van der Waals surface area contributed by atoms with Crippen LogP contribution >= 0.6 is 11.3 Å². The fraction of sp³-hybridized carbons (Fsp3) is 0.381. The van der Waals surface area contributed by atoms with Crippen LogP contribution in [0.15, 0.2) is 47.9 Å². The van der Waals surface area contributed by atoms with E-state index >= 15 is 0 Å². The molecule has 2 aliphatic heterocycles. The summed E-state index contributed by atoms with van der Waals surface area (Å²) in [5.74, 6) is 1.02. The molecule has 3 aliphatic rings. The lowest BCUT2D eigenvalue weighted by Crippen LogP contribution is -2.41. The first kappa shape index (κ1) is 16.1. The van der Waals surface area contributed by atoms with E-state index in [1.165, 1.54) is 10.4 Å². The molecular weight excluding hydrogens is 344 g/mol. The molecule has 1 aromatic carbocycles. The molecule has 1 aliphatic carbocycles. The molecule has 2 aromatic rings. The molecule has 1 saturated heterocycles. The normalized spacial score (nSPS) is 26.9. The fourth-order valence-electron chi connectivity index (χ4n) is 4.49. The van der Waals surface area contributed by atoms with Crippen molar-refractivity contribution in [2.45, 2.75) is 18.4 Å². The summed E-state index contributed by atoms with van der Waals surface area (Å²) in [4.78, 5) is 16.4. The number of benzene rings is 1. The van der Waals surface area contributed by atoms with Gasteiger partial charge in [-0.1, -0.05) is 30.4 Å². The predicted molar refractivity (Wildman–Crippen MR) is 104 cm³/mol. The number of amides is 1. The van der Waals surface area contributed by atoms with Crippen molar-refractivity contribution < 1.29 is 9.53 Å². The number of anilines is 1. The number of thiophene rings is 1. The van der Waals surface area contributed by atoms with Gasteiger partial charge in [0.25, 0.3) is 5.91 Å². The second kappa shape index (κ2) is 6.56. The van der Waals surface area contributed by atoms with Crippen LogP contribution in [0.4, 0.5) is 5.69 Å². The van der Waals surface area contributed by atoms with Crippen molar-refractivity contribution in [1.29, 1.82) is 0 Å². The van der Waals surface area contributed by atoms with E-state index in [1.807, 2.05) is 17.0 Å². The Labute approximate surface area is 157 Å². The summed E-state index contributed by atoms with van der Waals surface area (Å²) in [5, 5.41) is 5.88. The van der Waals surface area contributed by atoms with Crippen molar-refractivity contribution >= 4 is 22.9 Å². The van der Waals surface area contributed by atoms with Gasteiger partial charge in [-0.05, 0) is 35.4 Å². The minimum absolute atomic E-state index is 0.114. The molecule has 26 heavy (non-hydrogen) atoms. The highest BCUT2D eigenvalue weighted by molar-refractivity contribution is 7.10. The highest BCUT2D eigenvalue weighted by Crippen LogP contribution is 2.51. The lowest BCUT2D eigenvalue weighted by Gasteiger charge is -2.38. The van der Waals surface area contributed by atoms with Crippen LogP contribution in [0.3, 0.4) is 0 Å². The number of rotatable bonds is 2. The second-order valence-corrected chi connectivity index (χ2v) is 8.14. The first-order chi connectivity index (χ1) is 12.8. The Morgan fingerprint density at radius 3 is 2.88 bits per heavy atom. The number of carbonyl (C=O) groups is 1. The Balaban J connectivity index is 1.56. The number of hydrogen-bond donors (Lipinski definition) is 1. The van der Waals surface area contributed by atoms with Crippen LogP contribution in [0.1, 0.15) is 39.2 Å². The predicted octanol–water partition coefficient (Wildman–Crippen LogP) is 4.05. The number of nitrogens with zero attached hydrogens (tertiary/aromatic N) is 1. The van der Waals surface area contributed by atoms with Gasteiger partial charge in [0.15, 0.2) is 0 Å². The summed E-state index contributed by atoms with van der Waals surface area (Å²) in [6.45, 7) is 2.59. The van der Waals surface area contributed by atoms with Crippen LogP contribution in [0.2, 0.25) is 0 Å². The maximum Gasteiger partial charge on any atom is 0.256 e. The Kier molecular flexibility index (Phi) is 4.06. The maximum atomic E-state index is 13.2. The molecule has 5 rings (SSSR count). The molecule has 1 aromatic heterocycles. The minimum atomic E-state index is 0.114. The van der Waals surface area contributed by atoms with Gasteiger partial charge in [-0.3, -0.25) is 4.79 Å². The Morgan fingerprint density at radius 2 is 2.08 bits per heavy atom. The molecule has 1 fully saturated rings. The highest BCUT2D eigenvalue weighted by Gasteiger charge is 2.40. The zero-order valence-corrected chi connectivity index (χ0v) is 15.4. The van der Waals surface area contributed by atoms with Crippen molar-refractivity contribution in [3.05, 3.63) is 63.9 Å². The summed E-state index contributed by atoms with van der Waals surface area (Å²) in [6, 6.07) is 10.8. The van der Waals surface area contributed by atoms with Crippen LogP contribution in [0, 0.1) is 5.92 Å². The largest absolute Gasteiger partial charge is 0.378 e. The van der Waals surface area contributed by atoms with Gasteiger partial charge in [-0.25, -0.2) is 0 Å². The van der Waals surface area contributed by atoms with E-state index in [0.717, 1.165) is 17.7 Å². The number of ether oxygens (including phenoxy) is 1. The van der Waals surface area contributed by atoms with E-state index in [4.69, 9.17) is 4.74 Å². The monoisotopic (exact) mass is 366 g/mol. The van der Waals surface area contributed by atoms with Crippen molar-refractivity contribution in [2.75, 3.05) is 31.6 Å². The minimum Gasteiger partial charge on any atom is -0.378 e. The van der Waals surface area contributed by atoms with E-state index < -0.39 is 0 Å². The molecular formula is C21H22N2O2S. The SMILES string of the molecule is O=C(c1cccc2c1NC(c1cccs1)C1CC=CC21)N1CCOCC1. The Bertz CT molecular complexity index is 840. The molecule has 5 heteroatoms. The quantitative estimate of drug-likeness (QED) is 0.816. The first-order valence-electron chi connectivity index (χ1n) is 9.29. The number of para-hydroxylation sites is 1. The number of hydrogen-bond acceptors (Lipinski definition) is 4. The molecule has 0 spiro atoms. The van der Waals surface area contributed by atoms with Crippen LogP contribution < -0.4 is 5.32 Å². The highest BCUT2D eigenvalue weighted by atomic mass is 32.1. The van der Waals surface area contributed by atoms with Gasteiger partial charge in [-0.2, -0.15) is 0 Å². The summed E-state index contributed by atoms with van der Waals surface area (Å²) in [7, 11) is 0. The summed E-state index contributed by atoms with van der Waals surface area (Å²) in [5.41, 5.74) is 3.08. The number of carbonyl (C=O) groups excluding carboxylic acids is 1. The molecule has 3 heterocycles. The number of fused-ring (bicyclic) bond motifs is 3. The molecule has 0 radical (unpaired) electrons. The summed E-state index contributed by atoms with van der Waals surface area (Å²) in [6.07, 6.45) is 5.71. The maximum absolute atomic E-state index is 13.2. The third-order valence-electron chi connectivity index (χ3n) is 5.78. The molecule has 1 amide bonds. The summed E-state index contributed by atoms with van der Waals surface area (Å²) < 4.78 is 5.40. The molecule has 134 valence electrons. The van der Waals surface area contributed by atoms with Gasteiger partial charge in [0.05, 0.1) is 30.5 Å².